The molecule has 60 valence electrons. The number of hydrogen-bond acceptors (Lipinski definition) is 4. The van der Waals surface area contributed by atoms with Crippen LogP contribution in [0.5, 0.6) is 0 Å². The van der Waals surface area contributed by atoms with Gasteiger partial charge < -0.3 is 19.0 Å². The van der Waals surface area contributed by atoms with Crippen LogP contribution in [-0.4, -0.2) is 31.1 Å². The summed E-state index contributed by atoms with van der Waals surface area (Å²) >= 11 is 0. The van der Waals surface area contributed by atoms with Gasteiger partial charge in [0.25, 0.3) is 0 Å². The number of carbonyl (C=O) groups excluding carboxylic acids is 1. The van der Waals surface area contributed by atoms with E-state index in [2.05, 4.69) is 4.43 Å². The fraction of sp³-hybridized carbons (Fsp3) is 0.750. The molecular weight excluding hydrogens is 154 g/mol. The van der Waals surface area contributed by atoms with Crippen molar-refractivity contribution in [3.8, 4) is 0 Å². The Hall–Kier alpha value is -0.433. The topological polar surface area (TPSA) is 78.8 Å². The molecule has 5 nitrogen and oxygen atoms in total. The van der Waals surface area contributed by atoms with Gasteiger partial charge in [0.05, 0.1) is 0 Å². The van der Waals surface area contributed by atoms with Crippen molar-refractivity contribution in [1.29, 1.82) is 0 Å². The van der Waals surface area contributed by atoms with Crippen LogP contribution in [0.15, 0.2) is 0 Å². The monoisotopic (exact) mass is 165 g/mol. The third kappa shape index (κ3) is 4.45. The molecule has 10 heavy (non-hydrogen) atoms. The highest BCUT2D eigenvalue weighted by Gasteiger charge is 2.34. The van der Waals surface area contributed by atoms with Gasteiger partial charge in [-0.15, -0.1) is 0 Å². The maximum absolute atomic E-state index is 10.3. The van der Waals surface area contributed by atoms with E-state index in [0.29, 0.717) is 0 Å². The highest BCUT2D eigenvalue weighted by atomic mass is 28.4. The lowest BCUT2D eigenvalue weighted by molar-refractivity contribution is -0.118. The van der Waals surface area contributed by atoms with Gasteiger partial charge >= 0.3 is 8.97 Å². The Balaban J connectivity index is 3.74. The van der Waals surface area contributed by atoms with Crippen LogP contribution >= 0.6 is 0 Å². The van der Waals surface area contributed by atoms with Crippen molar-refractivity contribution in [2.75, 3.05) is 6.61 Å². The molecule has 0 aliphatic rings. The van der Waals surface area contributed by atoms with E-state index in [1.807, 2.05) is 4.98 Å². The number of carbonyl (C=O) groups is 1. The molecule has 0 unspecified atom stereocenters. The van der Waals surface area contributed by atoms with Gasteiger partial charge in [-0.2, -0.15) is 0 Å². The summed E-state index contributed by atoms with van der Waals surface area (Å²) in [6.45, 7) is 2.96. The number of hydrogen-bond donors (Lipinski definition) is 3. The molecule has 0 spiro atoms. The summed E-state index contributed by atoms with van der Waals surface area (Å²) in [7, 11) is -3.87. The van der Waals surface area contributed by atoms with Gasteiger partial charge in [-0.1, -0.05) is 0 Å². The van der Waals surface area contributed by atoms with E-state index < -0.39 is 14.9 Å². The predicted molar refractivity (Wildman–Crippen MR) is 35.6 cm³/mol. The van der Waals surface area contributed by atoms with Gasteiger partial charge in [-0.25, -0.2) is 0 Å². The van der Waals surface area contributed by atoms with Crippen LogP contribution in [0.4, 0.5) is 0 Å². The Labute approximate surface area is 60.1 Å². The van der Waals surface area contributed by atoms with E-state index >= 15 is 0 Å². The van der Waals surface area contributed by atoms with Crippen molar-refractivity contribution >= 4 is 14.9 Å². The van der Waals surface area contributed by atoms with Crippen molar-refractivity contribution in [2.45, 2.75) is 13.8 Å². The molecule has 0 bridgehead atoms. The summed E-state index contributed by atoms with van der Waals surface area (Å²) in [5, 5.41) is 0. The minimum atomic E-state index is -3.87. The first kappa shape index (κ1) is 9.57. The molecule has 0 aromatic carbocycles. The van der Waals surface area contributed by atoms with E-state index in [4.69, 9.17) is 9.59 Å². The van der Waals surface area contributed by atoms with Gasteiger partial charge in [-0.05, 0) is 6.92 Å². The third-order valence-corrected chi connectivity index (χ3v) is 2.05. The Bertz CT molecular complexity index is 126. The normalized spacial score (nSPS) is 11.2. The maximum atomic E-state index is 10.3. The SMILES string of the molecule is CCO[Si](O)(O)NC(C)=O. The van der Waals surface area contributed by atoms with Crippen molar-refractivity contribution in [1.82, 2.24) is 4.98 Å². The molecule has 0 aromatic heterocycles. The van der Waals surface area contributed by atoms with Gasteiger partial charge in [-0.3, -0.25) is 4.79 Å². The van der Waals surface area contributed by atoms with Crippen LogP contribution in [0.3, 0.4) is 0 Å². The first-order valence-electron chi connectivity index (χ1n) is 2.85. The summed E-state index contributed by atoms with van der Waals surface area (Å²) in [5.41, 5.74) is 0. The molecule has 0 aromatic rings. The second-order valence-corrected chi connectivity index (χ2v) is 3.48. The average Bonchev–Trinajstić information content (AvgIpc) is 1.59. The second kappa shape index (κ2) is 3.67. The molecule has 0 heterocycles. The standard InChI is InChI=1S/C4H11NO4Si/c1-3-9-10(7,8)5-4(2)6/h7-8H,3H2,1-2H3,(H,5,6). The van der Waals surface area contributed by atoms with E-state index in [1.54, 1.807) is 6.92 Å². The second-order valence-electron chi connectivity index (χ2n) is 1.72. The van der Waals surface area contributed by atoms with Gasteiger partial charge in [0.2, 0.25) is 5.91 Å². The summed E-state index contributed by atoms with van der Waals surface area (Å²) in [4.78, 5) is 29.8. The molecule has 1 amide bonds. The summed E-state index contributed by atoms with van der Waals surface area (Å²) in [6, 6.07) is 0. The van der Waals surface area contributed by atoms with E-state index in [9.17, 15) is 4.79 Å². The van der Waals surface area contributed by atoms with Crippen LogP contribution in [0.25, 0.3) is 0 Å². The number of nitrogens with one attached hydrogen (secondary N) is 1. The first-order valence-corrected chi connectivity index (χ1v) is 4.65. The molecule has 0 radical (unpaired) electrons. The molecule has 3 N–H and O–H groups in total. The van der Waals surface area contributed by atoms with Crippen LogP contribution in [0, 0.1) is 0 Å². The fourth-order valence-corrected chi connectivity index (χ4v) is 1.40. The zero-order valence-electron chi connectivity index (χ0n) is 5.92. The Morgan fingerprint density at radius 2 is 2.20 bits per heavy atom. The molecular formula is C4H11NO4Si. The summed E-state index contributed by atoms with van der Waals surface area (Å²) in [6.07, 6.45) is 0. The molecule has 0 saturated carbocycles. The van der Waals surface area contributed by atoms with Gasteiger partial charge in [0, 0.05) is 13.5 Å². The van der Waals surface area contributed by atoms with Crippen LogP contribution in [-0.2, 0) is 9.22 Å². The lowest BCUT2D eigenvalue weighted by Gasteiger charge is -2.15. The molecule has 0 saturated heterocycles. The Morgan fingerprint density at radius 3 is 2.50 bits per heavy atom. The third-order valence-electron chi connectivity index (χ3n) is 0.684. The first-order chi connectivity index (χ1) is 4.48. The molecule has 0 aliphatic carbocycles. The summed E-state index contributed by atoms with van der Waals surface area (Å²) < 4.78 is 4.46. The van der Waals surface area contributed by atoms with Crippen molar-refractivity contribution in [3.05, 3.63) is 0 Å². The zero-order valence-corrected chi connectivity index (χ0v) is 6.92. The minimum Gasteiger partial charge on any atom is -0.373 e. The lowest BCUT2D eigenvalue weighted by atomic mass is 10.8. The van der Waals surface area contributed by atoms with E-state index in [0.717, 1.165) is 0 Å². The highest BCUT2D eigenvalue weighted by molar-refractivity contribution is 6.57. The Morgan fingerprint density at radius 1 is 1.70 bits per heavy atom. The van der Waals surface area contributed by atoms with Gasteiger partial charge in [0.15, 0.2) is 0 Å². The largest absolute Gasteiger partial charge is 0.627 e. The van der Waals surface area contributed by atoms with Crippen molar-refractivity contribution < 1.29 is 18.8 Å². The van der Waals surface area contributed by atoms with E-state index in [1.165, 1.54) is 6.92 Å². The minimum absolute atomic E-state index is 0.166. The molecule has 6 heteroatoms. The Kier molecular flexibility index (Phi) is 3.51. The zero-order chi connectivity index (χ0) is 8.20. The average molecular weight is 165 g/mol. The highest BCUT2D eigenvalue weighted by Crippen LogP contribution is 1.88. The lowest BCUT2D eigenvalue weighted by Crippen LogP contribution is -2.56. The smallest absolute Gasteiger partial charge is 0.373 e. The number of rotatable bonds is 3. The van der Waals surface area contributed by atoms with Crippen molar-refractivity contribution in [2.24, 2.45) is 0 Å². The van der Waals surface area contributed by atoms with Gasteiger partial charge in [0.1, 0.15) is 0 Å². The van der Waals surface area contributed by atoms with Crippen LogP contribution in [0.2, 0.25) is 0 Å². The number of amides is 1. The fourth-order valence-electron chi connectivity index (χ4n) is 0.467. The maximum Gasteiger partial charge on any atom is 0.627 e. The quantitative estimate of drug-likeness (QED) is 0.448. The van der Waals surface area contributed by atoms with E-state index in [-0.39, 0.29) is 6.61 Å². The molecule has 0 atom stereocenters. The molecule has 0 aliphatic heterocycles. The van der Waals surface area contributed by atoms with Crippen LogP contribution in [0.1, 0.15) is 13.8 Å². The predicted octanol–water partition coefficient (Wildman–Crippen LogP) is -1.42. The van der Waals surface area contributed by atoms with Crippen molar-refractivity contribution in [3.63, 3.8) is 0 Å². The molecule has 0 fully saturated rings. The molecule has 0 rings (SSSR count). The van der Waals surface area contributed by atoms with Crippen LogP contribution < -0.4 is 4.98 Å². The summed E-state index contributed by atoms with van der Waals surface area (Å²) in [5.74, 6) is -0.509.